The van der Waals surface area contributed by atoms with E-state index in [4.69, 9.17) is 16.3 Å². The summed E-state index contributed by atoms with van der Waals surface area (Å²) >= 11 is 7.97. The van der Waals surface area contributed by atoms with E-state index in [0.29, 0.717) is 37.0 Å². The number of carbonyl (C=O) groups is 1. The molecule has 0 saturated carbocycles. The van der Waals surface area contributed by atoms with Crippen molar-refractivity contribution in [2.24, 2.45) is 4.99 Å². The highest BCUT2D eigenvalue weighted by Gasteiger charge is 2.33. The van der Waals surface area contributed by atoms with E-state index in [1.54, 1.807) is 29.2 Å². The average Bonchev–Trinajstić information content (AvgIpc) is 3.34. The van der Waals surface area contributed by atoms with Crippen LogP contribution in [0.1, 0.15) is 36.7 Å². The van der Waals surface area contributed by atoms with Gasteiger partial charge in [0, 0.05) is 5.56 Å². The predicted molar refractivity (Wildman–Crippen MR) is 140 cm³/mol. The molecule has 182 valence electrons. The summed E-state index contributed by atoms with van der Waals surface area (Å²) in [6.45, 7) is 5.60. The second-order valence-corrected chi connectivity index (χ2v) is 9.62. The summed E-state index contributed by atoms with van der Waals surface area (Å²) < 4.78 is 9.00. The molecule has 0 saturated heterocycles. The lowest BCUT2D eigenvalue weighted by atomic mass is 9.96. The fourth-order valence-electron chi connectivity index (χ4n) is 4.29. The van der Waals surface area contributed by atoms with Crippen LogP contribution in [0, 0.1) is 6.92 Å². The van der Waals surface area contributed by atoms with Crippen LogP contribution < -0.4 is 14.9 Å². The number of nitrogens with zero attached hydrogens (tertiary/aromatic N) is 4. The maximum atomic E-state index is 13.8. The highest BCUT2D eigenvalue weighted by atomic mass is 35.5. The number of para-hydroxylation sites is 1. The normalized spacial score (nSPS) is 15.6. The van der Waals surface area contributed by atoms with E-state index in [-0.39, 0.29) is 12.2 Å². The van der Waals surface area contributed by atoms with Crippen molar-refractivity contribution in [2.75, 3.05) is 6.61 Å². The standard InChI is InChI=1S/C27H23ClN4O3S/c1-4-35-26(34)22-17(3)29-27-31(23(22)18-11-7-5-8-12-18)25(33)21(36-27)15-20-16(2)30-32(24(20)28)19-13-9-6-10-14-19/h5-15,23H,4H2,1-3H3/b21-15-. The number of benzene rings is 2. The molecule has 1 aliphatic heterocycles. The van der Waals surface area contributed by atoms with E-state index < -0.39 is 12.0 Å². The third kappa shape index (κ3) is 4.12. The average molecular weight is 519 g/mol. The molecule has 2 aromatic heterocycles. The summed E-state index contributed by atoms with van der Waals surface area (Å²) in [5.41, 5.74) is 3.60. The number of ether oxygens (including phenoxy) is 1. The molecule has 0 amide bonds. The Morgan fingerprint density at radius 1 is 1.11 bits per heavy atom. The topological polar surface area (TPSA) is 78.5 Å². The Hall–Kier alpha value is -3.75. The molecule has 0 N–H and O–H groups in total. The smallest absolute Gasteiger partial charge is 0.338 e. The summed E-state index contributed by atoms with van der Waals surface area (Å²) in [6, 6.07) is 18.4. The third-order valence-corrected chi connectivity index (χ3v) is 7.30. The molecule has 2 aromatic carbocycles. The number of hydrogen-bond donors (Lipinski definition) is 0. The minimum Gasteiger partial charge on any atom is -0.463 e. The highest BCUT2D eigenvalue weighted by molar-refractivity contribution is 7.07. The summed E-state index contributed by atoms with van der Waals surface area (Å²) in [7, 11) is 0. The van der Waals surface area contributed by atoms with Crippen molar-refractivity contribution in [1.29, 1.82) is 0 Å². The van der Waals surface area contributed by atoms with Crippen molar-refractivity contribution in [3.8, 4) is 5.69 Å². The molecule has 3 heterocycles. The van der Waals surface area contributed by atoms with Crippen molar-refractivity contribution in [1.82, 2.24) is 14.3 Å². The van der Waals surface area contributed by atoms with Crippen molar-refractivity contribution >= 4 is 35.0 Å². The van der Waals surface area contributed by atoms with Gasteiger partial charge in [0.25, 0.3) is 5.56 Å². The lowest BCUT2D eigenvalue weighted by Crippen LogP contribution is -2.39. The first-order chi connectivity index (χ1) is 17.4. The maximum Gasteiger partial charge on any atom is 0.338 e. The third-order valence-electron chi connectivity index (χ3n) is 5.96. The van der Waals surface area contributed by atoms with Crippen molar-refractivity contribution in [2.45, 2.75) is 26.8 Å². The second kappa shape index (κ2) is 9.72. The number of halogens is 1. The number of hydrogen-bond acceptors (Lipinski definition) is 6. The molecule has 0 radical (unpaired) electrons. The van der Waals surface area contributed by atoms with Crippen molar-refractivity contribution < 1.29 is 9.53 Å². The Bertz CT molecular complexity index is 1670. The van der Waals surface area contributed by atoms with Gasteiger partial charge in [-0.25, -0.2) is 14.5 Å². The second-order valence-electron chi connectivity index (χ2n) is 8.25. The van der Waals surface area contributed by atoms with Gasteiger partial charge in [-0.3, -0.25) is 9.36 Å². The first kappa shape index (κ1) is 24.0. The minimum atomic E-state index is -0.646. The van der Waals surface area contributed by atoms with Crippen molar-refractivity contribution in [3.63, 3.8) is 0 Å². The predicted octanol–water partition coefficient (Wildman–Crippen LogP) is 3.95. The van der Waals surface area contributed by atoms with Gasteiger partial charge in [-0.1, -0.05) is 71.5 Å². The van der Waals surface area contributed by atoms with Gasteiger partial charge in [-0.05, 0) is 44.5 Å². The Morgan fingerprint density at radius 2 is 1.78 bits per heavy atom. The van der Waals surface area contributed by atoms with Crippen LogP contribution >= 0.6 is 22.9 Å². The quantitative estimate of drug-likeness (QED) is 0.375. The number of fused-ring (bicyclic) bond motifs is 1. The van der Waals surface area contributed by atoms with Crippen molar-refractivity contribution in [3.05, 3.63) is 114 Å². The molecule has 36 heavy (non-hydrogen) atoms. The molecule has 0 spiro atoms. The zero-order chi connectivity index (χ0) is 25.4. The first-order valence-electron chi connectivity index (χ1n) is 11.5. The summed E-state index contributed by atoms with van der Waals surface area (Å²) in [4.78, 5) is 31.8. The SMILES string of the molecule is CCOC(=O)C1=C(C)N=c2s/c(=C\c3c(C)nn(-c4ccccc4)c3Cl)c(=O)n2C1c1ccccc1. The molecular weight excluding hydrogens is 496 g/mol. The largest absolute Gasteiger partial charge is 0.463 e. The number of aryl methyl sites for hydroxylation is 1. The van der Waals surface area contributed by atoms with E-state index in [1.165, 1.54) is 11.3 Å². The summed E-state index contributed by atoms with van der Waals surface area (Å²) in [5.74, 6) is -0.482. The highest BCUT2D eigenvalue weighted by Crippen LogP contribution is 2.30. The first-order valence-corrected chi connectivity index (χ1v) is 12.6. The monoisotopic (exact) mass is 518 g/mol. The lowest BCUT2D eigenvalue weighted by molar-refractivity contribution is -0.139. The number of aromatic nitrogens is 3. The van der Waals surface area contributed by atoms with Crippen LogP contribution in [0.15, 0.2) is 81.7 Å². The Kier molecular flexibility index (Phi) is 6.47. The van der Waals surface area contributed by atoms with Gasteiger partial charge in [-0.2, -0.15) is 5.10 Å². The maximum absolute atomic E-state index is 13.8. The Balaban J connectivity index is 1.70. The number of rotatable bonds is 5. The summed E-state index contributed by atoms with van der Waals surface area (Å²) in [6.07, 6.45) is 1.75. The zero-order valence-corrected chi connectivity index (χ0v) is 21.5. The van der Waals surface area contributed by atoms with Crippen LogP contribution in [0.4, 0.5) is 0 Å². The number of carbonyl (C=O) groups excluding carboxylic acids is 1. The van der Waals surface area contributed by atoms with Crippen LogP contribution in [-0.4, -0.2) is 26.9 Å². The van der Waals surface area contributed by atoms with Gasteiger partial charge in [0.15, 0.2) is 4.80 Å². The molecule has 4 aromatic rings. The molecule has 7 nitrogen and oxygen atoms in total. The molecule has 0 fully saturated rings. The molecule has 5 rings (SSSR count). The molecule has 0 aliphatic carbocycles. The van der Waals surface area contributed by atoms with Crippen LogP contribution in [0.3, 0.4) is 0 Å². The van der Waals surface area contributed by atoms with Gasteiger partial charge in [-0.15, -0.1) is 0 Å². The number of esters is 1. The molecule has 1 unspecified atom stereocenters. The van der Waals surface area contributed by atoms with Gasteiger partial charge < -0.3 is 4.74 Å². The Morgan fingerprint density at radius 3 is 2.44 bits per heavy atom. The summed E-state index contributed by atoms with van der Waals surface area (Å²) in [5, 5.41) is 4.98. The van der Waals surface area contributed by atoms with Crippen LogP contribution in [0.25, 0.3) is 11.8 Å². The van der Waals surface area contributed by atoms with E-state index in [0.717, 1.165) is 11.3 Å². The van der Waals surface area contributed by atoms with Crippen LogP contribution in [0.5, 0.6) is 0 Å². The van der Waals surface area contributed by atoms with Gasteiger partial charge in [0.1, 0.15) is 5.15 Å². The number of allylic oxidation sites excluding steroid dienone is 1. The molecule has 1 atom stereocenters. The molecule has 0 bridgehead atoms. The molecule has 9 heteroatoms. The van der Waals surface area contributed by atoms with Gasteiger partial charge >= 0.3 is 5.97 Å². The molecule has 1 aliphatic rings. The number of thiazole rings is 1. The fourth-order valence-corrected chi connectivity index (χ4v) is 5.64. The van der Waals surface area contributed by atoms with E-state index in [1.807, 2.05) is 67.6 Å². The minimum absolute atomic E-state index is 0.227. The lowest BCUT2D eigenvalue weighted by Gasteiger charge is -2.24. The van der Waals surface area contributed by atoms with Gasteiger partial charge in [0.05, 0.1) is 39.8 Å². The Labute approximate surface area is 216 Å². The van der Waals surface area contributed by atoms with E-state index in [9.17, 15) is 9.59 Å². The van der Waals surface area contributed by atoms with E-state index >= 15 is 0 Å². The fraction of sp³-hybridized carbons (Fsp3) is 0.185. The molecular formula is C27H23ClN4O3S. The zero-order valence-electron chi connectivity index (χ0n) is 19.9. The van der Waals surface area contributed by atoms with Crippen LogP contribution in [0.2, 0.25) is 5.15 Å². The van der Waals surface area contributed by atoms with Gasteiger partial charge in [0.2, 0.25) is 0 Å². The van der Waals surface area contributed by atoms with Crippen LogP contribution in [-0.2, 0) is 9.53 Å². The van der Waals surface area contributed by atoms with E-state index in [2.05, 4.69) is 10.1 Å².